The standard InChI is InChI=1S/C19H20ClFN3P.2C2H6/c1-24-9-8-22-19-17(24)7-6-16(23-19)13-3-2-10-25-18(13)12-4-5-15(21)14(20)11-12;2*1-2/h2-7,11,16,22-23,25H,8-10H2,1H3;2*1-2H3. The molecule has 1 aromatic rings. The zero-order chi connectivity index (χ0) is 21.4. The minimum atomic E-state index is -0.373. The number of hydrogen-bond donors (Lipinski definition) is 2. The molecular weight excluding hydrogens is 404 g/mol. The average molecular weight is 436 g/mol. The predicted octanol–water partition coefficient (Wildman–Crippen LogP) is 5.72. The number of halogens is 2. The van der Waals surface area contributed by atoms with Crippen LogP contribution in [0.5, 0.6) is 0 Å². The van der Waals surface area contributed by atoms with Gasteiger partial charge in [0.05, 0.1) is 16.8 Å². The molecule has 29 heavy (non-hydrogen) atoms. The molecule has 158 valence electrons. The van der Waals surface area contributed by atoms with Crippen LogP contribution in [0.15, 0.2) is 59.6 Å². The molecule has 2 atom stereocenters. The first kappa shape index (κ1) is 23.5. The van der Waals surface area contributed by atoms with Gasteiger partial charge in [-0.25, -0.2) is 4.39 Å². The van der Waals surface area contributed by atoms with Crippen LogP contribution in [0.2, 0.25) is 5.02 Å². The smallest absolute Gasteiger partial charge is 0.141 e. The molecule has 2 N–H and O–H groups in total. The molecule has 0 fully saturated rings. The number of nitrogens with one attached hydrogen (secondary N) is 2. The van der Waals surface area contributed by atoms with Gasteiger partial charge in [0.2, 0.25) is 0 Å². The lowest BCUT2D eigenvalue weighted by Gasteiger charge is -2.36. The van der Waals surface area contributed by atoms with Crippen LogP contribution in [0, 0.1) is 5.82 Å². The molecule has 3 aliphatic rings. The summed E-state index contributed by atoms with van der Waals surface area (Å²) in [5.41, 5.74) is 3.43. The Morgan fingerprint density at radius 1 is 1.17 bits per heavy atom. The molecule has 0 aromatic heterocycles. The summed E-state index contributed by atoms with van der Waals surface area (Å²) in [7, 11) is 2.76. The van der Waals surface area contributed by atoms with Crippen LogP contribution >= 0.6 is 20.2 Å². The summed E-state index contributed by atoms with van der Waals surface area (Å²) in [5.74, 6) is 0.703. The summed E-state index contributed by atoms with van der Waals surface area (Å²) < 4.78 is 13.5. The normalized spacial score (nSPS) is 20.8. The van der Waals surface area contributed by atoms with Gasteiger partial charge in [0.1, 0.15) is 11.6 Å². The minimum absolute atomic E-state index is 0.0978. The summed E-state index contributed by atoms with van der Waals surface area (Å²) >= 11 is 6.01. The van der Waals surface area contributed by atoms with Crippen LogP contribution in [0.1, 0.15) is 33.3 Å². The van der Waals surface area contributed by atoms with E-state index in [1.165, 1.54) is 22.7 Å². The fourth-order valence-corrected chi connectivity index (χ4v) is 4.79. The maximum atomic E-state index is 13.5. The Morgan fingerprint density at radius 3 is 2.66 bits per heavy atom. The molecule has 0 saturated carbocycles. The van der Waals surface area contributed by atoms with Gasteiger partial charge in [-0.15, -0.1) is 0 Å². The van der Waals surface area contributed by atoms with Gasteiger partial charge < -0.3 is 15.5 Å². The third-order valence-corrected chi connectivity index (χ3v) is 6.35. The zero-order valence-electron chi connectivity index (χ0n) is 17.9. The number of allylic oxidation sites excluding steroid dienone is 2. The number of nitrogens with zero attached hydrogens (tertiary/aromatic N) is 1. The zero-order valence-corrected chi connectivity index (χ0v) is 19.7. The van der Waals surface area contributed by atoms with E-state index >= 15 is 0 Å². The van der Waals surface area contributed by atoms with Crippen molar-refractivity contribution in [1.29, 1.82) is 0 Å². The second-order valence-corrected chi connectivity index (χ2v) is 8.00. The Kier molecular flexibility index (Phi) is 9.26. The van der Waals surface area contributed by atoms with Gasteiger partial charge in [0.25, 0.3) is 0 Å². The Morgan fingerprint density at radius 2 is 1.93 bits per heavy atom. The fraction of sp³-hybridized carbons (Fsp3) is 0.391. The SMILES string of the molecule is CC.CC.CN1CCNC2=C1C=CC(C1=C(c3ccc(F)c(Cl)c3)PCC=C1)N2. The van der Waals surface area contributed by atoms with Crippen molar-refractivity contribution in [3.63, 3.8) is 0 Å². The molecule has 0 radical (unpaired) electrons. The van der Waals surface area contributed by atoms with Gasteiger partial charge >= 0.3 is 0 Å². The van der Waals surface area contributed by atoms with Crippen molar-refractivity contribution >= 4 is 25.5 Å². The Labute approximate surface area is 181 Å². The highest BCUT2D eigenvalue weighted by atomic mass is 35.5. The molecule has 3 nitrogen and oxygen atoms in total. The number of likely N-dealkylation sites (N-methyl/N-ethyl adjacent to an activating group) is 1. The quantitative estimate of drug-likeness (QED) is 0.581. The summed E-state index contributed by atoms with van der Waals surface area (Å²) in [6.45, 7) is 9.93. The van der Waals surface area contributed by atoms with E-state index in [0.29, 0.717) is 8.58 Å². The van der Waals surface area contributed by atoms with Crippen molar-refractivity contribution in [2.45, 2.75) is 33.7 Å². The Balaban J connectivity index is 0.000000707. The monoisotopic (exact) mass is 435 g/mol. The van der Waals surface area contributed by atoms with Crippen molar-refractivity contribution in [2.75, 3.05) is 26.3 Å². The molecule has 0 amide bonds. The second kappa shape index (κ2) is 11.4. The van der Waals surface area contributed by atoms with E-state index in [9.17, 15) is 4.39 Å². The first-order chi connectivity index (χ1) is 14.1. The van der Waals surface area contributed by atoms with E-state index in [4.69, 9.17) is 11.6 Å². The highest BCUT2D eigenvalue weighted by Crippen LogP contribution is 2.42. The van der Waals surface area contributed by atoms with Crippen molar-refractivity contribution in [2.24, 2.45) is 0 Å². The molecule has 3 aliphatic heterocycles. The second-order valence-electron chi connectivity index (χ2n) is 6.33. The summed E-state index contributed by atoms with van der Waals surface area (Å²) in [4.78, 5) is 2.25. The van der Waals surface area contributed by atoms with Crippen LogP contribution < -0.4 is 10.6 Å². The molecular formula is C23H32ClFN3P. The highest BCUT2D eigenvalue weighted by Gasteiger charge is 2.25. The van der Waals surface area contributed by atoms with Crippen LogP contribution in [0.4, 0.5) is 4.39 Å². The minimum Gasteiger partial charge on any atom is -0.370 e. The van der Waals surface area contributed by atoms with Gasteiger partial charge in [-0.2, -0.15) is 0 Å². The summed E-state index contributed by atoms with van der Waals surface area (Å²) in [6.07, 6.45) is 9.78. The maximum absolute atomic E-state index is 13.5. The molecule has 4 rings (SSSR count). The number of dihydropyridines is 1. The first-order valence-electron chi connectivity index (χ1n) is 10.4. The Bertz CT molecular complexity index is 829. The van der Waals surface area contributed by atoms with Crippen LogP contribution in [-0.4, -0.2) is 37.2 Å². The summed E-state index contributed by atoms with van der Waals surface area (Å²) in [6, 6.07) is 5.11. The molecule has 3 heterocycles. The summed E-state index contributed by atoms with van der Waals surface area (Å²) in [5, 5.41) is 8.49. The van der Waals surface area contributed by atoms with Crippen LogP contribution in [-0.2, 0) is 0 Å². The van der Waals surface area contributed by atoms with E-state index in [2.05, 4.69) is 46.9 Å². The predicted molar refractivity (Wildman–Crippen MR) is 127 cm³/mol. The topological polar surface area (TPSA) is 27.3 Å². The first-order valence-corrected chi connectivity index (χ1v) is 12.0. The molecule has 0 saturated heterocycles. The number of hydrogen-bond acceptors (Lipinski definition) is 3. The van der Waals surface area contributed by atoms with Gasteiger partial charge in [0.15, 0.2) is 0 Å². The van der Waals surface area contributed by atoms with E-state index in [1.54, 1.807) is 6.07 Å². The van der Waals surface area contributed by atoms with E-state index < -0.39 is 0 Å². The molecule has 0 aliphatic carbocycles. The largest absolute Gasteiger partial charge is 0.370 e. The van der Waals surface area contributed by atoms with Crippen LogP contribution in [0.25, 0.3) is 5.31 Å². The number of benzene rings is 1. The van der Waals surface area contributed by atoms with Crippen molar-refractivity contribution in [3.05, 3.63) is 76.0 Å². The molecule has 6 heteroatoms. The lowest BCUT2D eigenvalue weighted by Crippen LogP contribution is -2.46. The van der Waals surface area contributed by atoms with Crippen molar-refractivity contribution in [3.8, 4) is 0 Å². The maximum Gasteiger partial charge on any atom is 0.141 e. The Hall–Kier alpha value is -1.77. The molecule has 1 aromatic carbocycles. The van der Waals surface area contributed by atoms with E-state index in [-0.39, 0.29) is 16.9 Å². The average Bonchev–Trinajstić information content (AvgIpc) is 2.78. The van der Waals surface area contributed by atoms with Gasteiger partial charge in [0, 0.05) is 20.1 Å². The number of rotatable bonds is 2. The van der Waals surface area contributed by atoms with Crippen molar-refractivity contribution < 1.29 is 4.39 Å². The van der Waals surface area contributed by atoms with Crippen LogP contribution in [0.3, 0.4) is 0 Å². The molecule has 2 unspecified atom stereocenters. The lowest BCUT2D eigenvalue weighted by molar-refractivity contribution is 0.375. The molecule has 0 bridgehead atoms. The van der Waals surface area contributed by atoms with Gasteiger partial charge in [-0.3, -0.25) is 0 Å². The highest BCUT2D eigenvalue weighted by molar-refractivity contribution is 7.50. The third kappa shape index (κ3) is 5.43. The van der Waals surface area contributed by atoms with E-state index in [1.807, 2.05) is 33.8 Å². The lowest BCUT2D eigenvalue weighted by atomic mass is 9.99. The third-order valence-electron chi connectivity index (χ3n) is 4.69. The van der Waals surface area contributed by atoms with Gasteiger partial charge in [-0.05, 0) is 40.8 Å². The fourth-order valence-electron chi connectivity index (χ4n) is 3.37. The molecule has 0 spiro atoms. The van der Waals surface area contributed by atoms with Crippen molar-refractivity contribution in [1.82, 2.24) is 15.5 Å². The van der Waals surface area contributed by atoms with E-state index in [0.717, 1.165) is 30.6 Å². The van der Waals surface area contributed by atoms with Gasteiger partial charge in [-0.1, -0.05) is 72.2 Å².